The first kappa shape index (κ1) is 15.8. The summed E-state index contributed by atoms with van der Waals surface area (Å²) in [5.41, 5.74) is -0.409. The SMILES string of the molecule is CC1CCC(C)N(S(=O)(=O)c2ccc(O)c(C(=O)O)c2)C1. The van der Waals surface area contributed by atoms with Crippen molar-refractivity contribution in [1.82, 2.24) is 4.31 Å². The number of aromatic hydroxyl groups is 1. The van der Waals surface area contributed by atoms with Crippen molar-refractivity contribution in [3.05, 3.63) is 23.8 Å². The Hall–Kier alpha value is -1.60. The van der Waals surface area contributed by atoms with E-state index >= 15 is 0 Å². The van der Waals surface area contributed by atoms with Crippen LogP contribution in [0.1, 0.15) is 37.0 Å². The number of phenols is 1. The summed E-state index contributed by atoms with van der Waals surface area (Å²) in [7, 11) is -3.76. The van der Waals surface area contributed by atoms with Crippen molar-refractivity contribution >= 4 is 16.0 Å². The molecule has 0 aliphatic carbocycles. The van der Waals surface area contributed by atoms with Crippen molar-refractivity contribution in [3.63, 3.8) is 0 Å². The number of carbonyl (C=O) groups is 1. The van der Waals surface area contributed by atoms with E-state index in [9.17, 15) is 18.3 Å². The highest BCUT2D eigenvalue weighted by Gasteiger charge is 2.34. The Balaban J connectivity index is 2.44. The van der Waals surface area contributed by atoms with Crippen LogP contribution in [0.3, 0.4) is 0 Å². The fourth-order valence-electron chi connectivity index (χ4n) is 2.57. The molecule has 21 heavy (non-hydrogen) atoms. The molecule has 1 saturated heterocycles. The maximum Gasteiger partial charge on any atom is 0.339 e. The molecule has 7 heteroatoms. The molecule has 0 aromatic heterocycles. The van der Waals surface area contributed by atoms with Crippen molar-refractivity contribution < 1.29 is 23.4 Å². The maximum atomic E-state index is 12.7. The summed E-state index contributed by atoms with van der Waals surface area (Å²) in [6, 6.07) is 3.24. The summed E-state index contributed by atoms with van der Waals surface area (Å²) in [6.07, 6.45) is 1.76. The molecule has 0 radical (unpaired) electrons. The number of piperidine rings is 1. The van der Waals surface area contributed by atoms with Crippen LogP contribution in [0.5, 0.6) is 5.75 Å². The molecule has 0 saturated carbocycles. The van der Waals surface area contributed by atoms with Gasteiger partial charge in [0.25, 0.3) is 0 Å². The zero-order valence-corrected chi connectivity index (χ0v) is 12.8. The minimum absolute atomic E-state index is 0.0985. The van der Waals surface area contributed by atoms with Crippen LogP contribution in [-0.4, -0.2) is 41.5 Å². The predicted octanol–water partition coefficient (Wildman–Crippen LogP) is 1.90. The van der Waals surface area contributed by atoms with E-state index in [1.54, 1.807) is 0 Å². The number of benzene rings is 1. The molecule has 2 atom stereocenters. The molecule has 6 nitrogen and oxygen atoms in total. The van der Waals surface area contributed by atoms with Gasteiger partial charge in [-0.05, 0) is 43.9 Å². The van der Waals surface area contributed by atoms with Gasteiger partial charge < -0.3 is 10.2 Å². The molecule has 1 heterocycles. The van der Waals surface area contributed by atoms with Crippen LogP contribution in [0.25, 0.3) is 0 Å². The first-order chi connectivity index (χ1) is 9.73. The van der Waals surface area contributed by atoms with E-state index in [0.717, 1.165) is 25.0 Å². The van der Waals surface area contributed by atoms with Gasteiger partial charge in [0.15, 0.2) is 0 Å². The average molecular weight is 313 g/mol. The average Bonchev–Trinajstić information content (AvgIpc) is 2.41. The van der Waals surface area contributed by atoms with Crippen LogP contribution in [0, 0.1) is 5.92 Å². The Kier molecular flexibility index (Phi) is 4.25. The second-order valence-electron chi connectivity index (χ2n) is 5.59. The quantitative estimate of drug-likeness (QED) is 0.888. The summed E-state index contributed by atoms with van der Waals surface area (Å²) in [5.74, 6) is -1.53. The molecule has 2 rings (SSSR count). The Morgan fingerprint density at radius 1 is 1.29 bits per heavy atom. The van der Waals surface area contributed by atoms with Gasteiger partial charge in [-0.1, -0.05) is 6.92 Å². The van der Waals surface area contributed by atoms with Gasteiger partial charge in [-0.3, -0.25) is 0 Å². The lowest BCUT2D eigenvalue weighted by Gasteiger charge is -2.35. The van der Waals surface area contributed by atoms with E-state index in [1.165, 1.54) is 10.4 Å². The fraction of sp³-hybridized carbons (Fsp3) is 0.500. The van der Waals surface area contributed by atoms with Crippen LogP contribution in [-0.2, 0) is 10.0 Å². The molecule has 116 valence electrons. The van der Waals surface area contributed by atoms with Crippen LogP contribution in [0.4, 0.5) is 0 Å². The lowest BCUT2D eigenvalue weighted by molar-refractivity contribution is 0.0693. The van der Waals surface area contributed by atoms with E-state index in [-0.39, 0.29) is 16.9 Å². The van der Waals surface area contributed by atoms with Gasteiger partial charge in [0.1, 0.15) is 11.3 Å². The highest BCUT2D eigenvalue weighted by molar-refractivity contribution is 7.89. The number of aromatic carboxylic acids is 1. The maximum absolute atomic E-state index is 12.7. The highest BCUT2D eigenvalue weighted by atomic mass is 32.2. The number of hydrogen-bond donors (Lipinski definition) is 2. The normalized spacial score (nSPS) is 23.9. The predicted molar refractivity (Wildman–Crippen MR) is 76.8 cm³/mol. The third kappa shape index (κ3) is 3.03. The van der Waals surface area contributed by atoms with Crippen molar-refractivity contribution in [2.45, 2.75) is 37.6 Å². The van der Waals surface area contributed by atoms with Gasteiger partial charge >= 0.3 is 5.97 Å². The molecule has 1 fully saturated rings. The van der Waals surface area contributed by atoms with Gasteiger partial charge in [-0.25, -0.2) is 13.2 Å². The van der Waals surface area contributed by atoms with Gasteiger partial charge in [-0.15, -0.1) is 0 Å². The minimum Gasteiger partial charge on any atom is -0.507 e. The van der Waals surface area contributed by atoms with Crippen LogP contribution < -0.4 is 0 Å². The number of rotatable bonds is 3. The lowest BCUT2D eigenvalue weighted by atomic mass is 9.97. The van der Waals surface area contributed by atoms with E-state index in [4.69, 9.17) is 5.11 Å². The van der Waals surface area contributed by atoms with Gasteiger partial charge in [-0.2, -0.15) is 4.31 Å². The molecule has 1 aliphatic rings. The molecule has 2 N–H and O–H groups in total. The van der Waals surface area contributed by atoms with E-state index in [0.29, 0.717) is 6.54 Å². The Bertz CT molecular complexity index is 655. The number of carboxylic acid groups (broad SMARTS) is 1. The molecule has 0 bridgehead atoms. The molecule has 1 aromatic carbocycles. The fourth-order valence-corrected chi connectivity index (χ4v) is 4.37. The number of hydrogen-bond acceptors (Lipinski definition) is 4. The molecular weight excluding hydrogens is 294 g/mol. The first-order valence-corrected chi connectivity index (χ1v) is 8.25. The van der Waals surface area contributed by atoms with Crippen LogP contribution in [0.15, 0.2) is 23.1 Å². The molecule has 0 amide bonds. The smallest absolute Gasteiger partial charge is 0.339 e. The van der Waals surface area contributed by atoms with Gasteiger partial charge in [0, 0.05) is 12.6 Å². The summed E-state index contributed by atoms with van der Waals surface area (Å²) in [5, 5.41) is 18.5. The minimum atomic E-state index is -3.76. The van der Waals surface area contributed by atoms with E-state index < -0.39 is 27.3 Å². The topological polar surface area (TPSA) is 94.9 Å². The second kappa shape index (κ2) is 5.65. The third-order valence-electron chi connectivity index (χ3n) is 3.87. The molecule has 1 aliphatic heterocycles. The van der Waals surface area contributed by atoms with Crippen molar-refractivity contribution in [3.8, 4) is 5.75 Å². The summed E-state index contributed by atoms with van der Waals surface area (Å²) in [4.78, 5) is 10.9. The highest BCUT2D eigenvalue weighted by Crippen LogP contribution is 2.29. The van der Waals surface area contributed by atoms with Crippen molar-refractivity contribution in [1.29, 1.82) is 0 Å². The van der Waals surface area contributed by atoms with Gasteiger partial charge in [0.05, 0.1) is 4.90 Å². The standard InChI is InChI=1S/C14H19NO5S/c1-9-3-4-10(2)15(8-9)21(19,20)11-5-6-13(16)12(7-11)14(17)18/h5-7,9-10,16H,3-4,8H2,1-2H3,(H,17,18). The molecule has 2 unspecified atom stereocenters. The number of nitrogens with zero attached hydrogens (tertiary/aromatic N) is 1. The summed E-state index contributed by atoms with van der Waals surface area (Å²) >= 11 is 0. The zero-order chi connectivity index (χ0) is 15.8. The Morgan fingerprint density at radius 3 is 2.57 bits per heavy atom. The molecule has 1 aromatic rings. The largest absolute Gasteiger partial charge is 0.507 e. The van der Waals surface area contributed by atoms with Crippen molar-refractivity contribution in [2.75, 3.05) is 6.54 Å². The summed E-state index contributed by atoms with van der Waals surface area (Å²) < 4.78 is 26.8. The van der Waals surface area contributed by atoms with E-state index in [1.807, 2.05) is 13.8 Å². The molecule has 0 spiro atoms. The van der Waals surface area contributed by atoms with Crippen LogP contribution >= 0.6 is 0 Å². The monoisotopic (exact) mass is 313 g/mol. The lowest BCUT2D eigenvalue weighted by Crippen LogP contribution is -2.44. The second-order valence-corrected chi connectivity index (χ2v) is 7.48. The van der Waals surface area contributed by atoms with Gasteiger partial charge in [0.2, 0.25) is 10.0 Å². The number of carboxylic acids is 1. The first-order valence-electron chi connectivity index (χ1n) is 6.81. The van der Waals surface area contributed by atoms with Crippen LogP contribution in [0.2, 0.25) is 0 Å². The van der Waals surface area contributed by atoms with Crippen molar-refractivity contribution in [2.24, 2.45) is 5.92 Å². The molecular formula is C14H19NO5S. The Morgan fingerprint density at radius 2 is 1.95 bits per heavy atom. The summed E-state index contributed by atoms with van der Waals surface area (Å²) in [6.45, 7) is 4.27. The number of sulfonamides is 1. The third-order valence-corrected chi connectivity index (χ3v) is 5.84. The Labute approximate surface area is 124 Å². The van der Waals surface area contributed by atoms with E-state index in [2.05, 4.69) is 0 Å². The zero-order valence-electron chi connectivity index (χ0n) is 12.0.